The fourth-order valence-electron chi connectivity index (χ4n) is 2.10. The number of carbonyl (C=O) groups excluding carboxylic acids is 1. The number of amides is 1. The number of nitrogens with one attached hydrogen (secondary N) is 1. The van der Waals surface area contributed by atoms with Crippen LogP contribution in [0.4, 0.5) is 0 Å². The average molecular weight is 237 g/mol. The van der Waals surface area contributed by atoms with Crippen molar-refractivity contribution in [3.05, 3.63) is 17.8 Å². The smallest absolute Gasteiger partial charge is 0.291 e. The molecule has 5 nitrogen and oxygen atoms in total. The molecule has 0 saturated carbocycles. The third kappa shape index (κ3) is 2.34. The van der Waals surface area contributed by atoms with Crippen molar-refractivity contribution in [2.75, 3.05) is 20.1 Å². The average Bonchev–Trinajstić information content (AvgIpc) is 2.76. The molecule has 1 saturated heterocycles. The first-order valence-electron chi connectivity index (χ1n) is 5.94. The van der Waals surface area contributed by atoms with Gasteiger partial charge in [0.2, 0.25) is 5.76 Å². The van der Waals surface area contributed by atoms with E-state index >= 15 is 0 Å². The summed E-state index contributed by atoms with van der Waals surface area (Å²) in [5.41, 5.74) is 0.810. The Morgan fingerprint density at radius 3 is 2.65 bits per heavy atom. The molecule has 94 valence electrons. The molecule has 1 N–H and O–H groups in total. The summed E-state index contributed by atoms with van der Waals surface area (Å²) in [7, 11) is 1.97. The van der Waals surface area contributed by atoms with Gasteiger partial charge in [-0.1, -0.05) is 0 Å². The lowest BCUT2D eigenvalue weighted by Crippen LogP contribution is -2.51. The highest BCUT2D eigenvalue weighted by Gasteiger charge is 2.32. The van der Waals surface area contributed by atoms with Crippen LogP contribution >= 0.6 is 0 Å². The highest BCUT2D eigenvalue weighted by atomic mass is 16.3. The molecule has 2 rings (SSSR count). The van der Waals surface area contributed by atoms with Gasteiger partial charge in [0.1, 0.15) is 0 Å². The number of aromatic nitrogens is 1. The van der Waals surface area contributed by atoms with Gasteiger partial charge in [0.15, 0.2) is 6.39 Å². The summed E-state index contributed by atoms with van der Waals surface area (Å²) < 4.78 is 5.14. The van der Waals surface area contributed by atoms with Gasteiger partial charge in [-0.05, 0) is 33.7 Å². The molecule has 2 heterocycles. The van der Waals surface area contributed by atoms with Gasteiger partial charge in [0.05, 0.1) is 5.69 Å². The number of hydrogen-bond acceptors (Lipinski definition) is 4. The molecule has 1 aliphatic heterocycles. The number of likely N-dealkylation sites (tertiary alicyclic amines) is 1. The van der Waals surface area contributed by atoms with Crippen LogP contribution < -0.4 is 5.32 Å². The van der Waals surface area contributed by atoms with Crippen LogP contribution in [0.3, 0.4) is 0 Å². The van der Waals surface area contributed by atoms with Gasteiger partial charge in [-0.25, -0.2) is 4.98 Å². The van der Waals surface area contributed by atoms with E-state index in [0.29, 0.717) is 11.5 Å². The largest absolute Gasteiger partial charge is 0.438 e. The van der Waals surface area contributed by atoms with Crippen molar-refractivity contribution in [3.8, 4) is 0 Å². The number of oxazole rings is 1. The topological polar surface area (TPSA) is 58.4 Å². The SMILES string of the molecule is CNC1(C)CCN(C(=O)c2ocnc2C)CC1. The number of nitrogens with zero attached hydrogens (tertiary/aromatic N) is 2. The Kier molecular flexibility index (Phi) is 3.19. The summed E-state index contributed by atoms with van der Waals surface area (Å²) in [6, 6.07) is 0. The monoisotopic (exact) mass is 237 g/mol. The minimum Gasteiger partial charge on any atom is -0.438 e. The zero-order valence-electron chi connectivity index (χ0n) is 10.6. The van der Waals surface area contributed by atoms with Gasteiger partial charge in [-0.2, -0.15) is 0 Å². The minimum absolute atomic E-state index is 0.0434. The lowest BCUT2D eigenvalue weighted by molar-refractivity contribution is 0.0629. The van der Waals surface area contributed by atoms with Gasteiger partial charge < -0.3 is 14.6 Å². The molecule has 5 heteroatoms. The first-order chi connectivity index (χ1) is 8.06. The molecule has 1 aromatic heterocycles. The first kappa shape index (κ1) is 12.1. The van der Waals surface area contributed by atoms with Gasteiger partial charge >= 0.3 is 0 Å². The first-order valence-corrected chi connectivity index (χ1v) is 5.94. The molecule has 0 bridgehead atoms. The van der Waals surface area contributed by atoms with Crippen molar-refractivity contribution in [1.29, 1.82) is 0 Å². The van der Waals surface area contributed by atoms with Gasteiger partial charge in [-0.3, -0.25) is 4.79 Å². The molecular formula is C12H19N3O2. The van der Waals surface area contributed by atoms with Gasteiger partial charge in [0.25, 0.3) is 5.91 Å². The van der Waals surface area contributed by atoms with E-state index in [2.05, 4.69) is 17.2 Å². The van der Waals surface area contributed by atoms with E-state index in [-0.39, 0.29) is 11.4 Å². The lowest BCUT2D eigenvalue weighted by Gasteiger charge is -2.39. The van der Waals surface area contributed by atoms with Crippen LogP contribution in [0, 0.1) is 6.92 Å². The maximum Gasteiger partial charge on any atom is 0.291 e. The standard InChI is InChI=1S/C12H19N3O2/c1-9-10(17-8-14-9)11(16)15-6-4-12(2,13-3)5-7-15/h8,13H,4-7H2,1-3H3. The Morgan fingerprint density at radius 2 is 2.18 bits per heavy atom. The third-order valence-electron chi connectivity index (χ3n) is 3.70. The summed E-state index contributed by atoms with van der Waals surface area (Å²) in [5, 5.41) is 3.31. The van der Waals surface area contributed by atoms with E-state index in [0.717, 1.165) is 25.9 Å². The van der Waals surface area contributed by atoms with E-state index in [1.54, 1.807) is 6.92 Å². The van der Waals surface area contributed by atoms with Crippen LogP contribution in [0.15, 0.2) is 10.8 Å². The third-order valence-corrected chi connectivity index (χ3v) is 3.70. The fraction of sp³-hybridized carbons (Fsp3) is 0.667. The van der Waals surface area contributed by atoms with Gasteiger partial charge in [0, 0.05) is 18.6 Å². The molecule has 0 radical (unpaired) electrons. The highest BCUT2D eigenvalue weighted by Crippen LogP contribution is 2.22. The second-order valence-electron chi connectivity index (χ2n) is 4.87. The number of aryl methyl sites for hydroxylation is 1. The van der Waals surface area contributed by atoms with Gasteiger partial charge in [-0.15, -0.1) is 0 Å². The van der Waals surface area contributed by atoms with E-state index in [9.17, 15) is 4.79 Å². The van der Waals surface area contributed by atoms with Crippen molar-refractivity contribution in [2.45, 2.75) is 32.2 Å². The summed E-state index contributed by atoms with van der Waals surface area (Å²) in [4.78, 5) is 17.9. The molecule has 0 atom stereocenters. The van der Waals surface area contributed by atoms with Crippen molar-refractivity contribution in [2.24, 2.45) is 0 Å². The Morgan fingerprint density at radius 1 is 1.53 bits per heavy atom. The van der Waals surface area contributed by atoms with E-state index < -0.39 is 0 Å². The highest BCUT2D eigenvalue weighted by molar-refractivity contribution is 5.92. The molecule has 0 aromatic carbocycles. The summed E-state index contributed by atoms with van der Waals surface area (Å²) in [5.74, 6) is 0.330. The Balaban J connectivity index is 2.02. The molecule has 0 spiro atoms. The van der Waals surface area contributed by atoms with Crippen LogP contribution in [0.5, 0.6) is 0 Å². The summed E-state index contributed by atoms with van der Waals surface area (Å²) >= 11 is 0. The zero-order chi connectivity index (χ0) is 12.5. The quantitative estimate of drug-likeness (QED) is 0.839. The normalized spacial score (nSPS) is 19.4. The van der Waals surface area contributed by atoms with Crippen molar-refractivity contribution < 1.29 is 9.21 Å². The minimum atomic E-state index is -0.0434. The fourth-order valence-corrected chi connectivity index (χ4v) is 2.10. The number of carbonyl (C=O) groups is 1. The molecule has 0 aliphatic carbocycles. The summed E-state index contributed by atoms with van der Waals surface area (Å²) in [6.45, 7) is 5.50. The molecule has 1 amide bonds. The van der Waals surface area contributed by atoms with Crippen LogP contribution in [-0.4, -0.2) is 41.5 Å². The molecule has 0 unspecified atom stereocenters. The lowest BCUT2D eigenvalue weighted by atomic mass is 9.90. The van der Waals surface area contributed by atoms with Crippen LogP contribution in [0.25, 0.3) is 0 Å². The number of piperidine rings is 1. The number of hydrogen-bond donors (Lipinski definition) is 1. The van der Waals surface area contributed by atoms with E-state index in [1.165, 1.54) is 6.39 Å². The van der Waals surface area contributed by atoms with Crippen molar-refractivity contribution in [1.82, 2.24) is 15.2 Å². The van der Waals surface area contributed by atoms with Crippen molar-refractivity contribution >= 4 is 5.91 Å². The Bertz CT molecular complexity index is 406. The molecule has 1 fully saturated rings. The zero-order valence-corrected chi connectivity index (χ0v) is 10.6. The molecular weight excluding hydrogens is 218 g/mol. The van der Waals surface area contributed by atoms with Crippen LogP contribution in [0.1, 0.15) is 36.0 Å². The summed E-state index contributed by atoms with van der Waals surface area (Å²) in [6.07, 6.45) is 3.25. The predicted molar refractivity (Wildman–Crippen MR) is 63.8 cm³/mol. The Labute approximate surface area is 101 Å². The van der Waals surface area contributed by atoms with Crippen molar-refractivity contribution in [3.63, 3.8) is 0 Å². The van der Waals surface area contributed by atoms with E-state index in [4.69, 9.17) is 4.42 Å². The molecule has 1 aliphatic rings. The predicted octanol–water partition coefficient (Wildman–Crippen LogP) is 1.20. The van der Waals surface area contributed by atoms with Crippen LogP contribution in [-0.2, 0) is 0 Å². The molecule has 1 aromatic rings. The maximum atomic E-state index is 12.2. The Hall–Kier alpha value is -1.36. The maximum absolute atomic E-state index is 12.2. The second kappa shape index (κ2) is 4.49. The molecule has 17 heavy (non-hydrogen) atoms. The van der Waals surface area contributed by atoms with E-state index in [1.807, 2.05) is 11.9 Å². The second-order valence-corrected chi connectivity index (χ2v) is 4.87. The number of rotatable bonds is 2. The van der Waals surface area contributed by atoms with Crippen LogP contribution in [0.2, 0.25) is 0 Å².